The van der Waals surface area contributed by atoms with Crippen LogP contribution in [0.15, 0.2) is 65.4 Å². The van der Waals surface area contributed by atoms with Gasteiger partial charge in [-0.25, -0.2) is 23.8 Å². The van der Waals surface area contributed by atoms with Crippen molar-refractivity contribution >= 4 is 5.97 Å². The van der Waals surface area contributed by atoms with Crippen LogP contribution in [0.25, 0.3) is 34.0 Å². The monoisotopic (exact) mass is 579 g/mol. The van der Waals surface area contributed by atoms with Gasteiger partial charge in [0.1, 0.15) is 22.9 Å². The zero-order valence-electron chi connectivity index (χ0n) is 20.7. The first-order chi connectivity index (χ1) is 19.4. The lowest BCUT2D eigenvalue weighted by Crippen LogP contribution is -2.24. The van der Waals surface area contributed by atoms with E-state index >= 15 is 0 Å². The van der Waals surface area contributed by atoms with E-state index in [0.29, 0.717) is 12.1 Å². The maximum Gasteiger partial charge on any atom is 0.417 e. The SMILES string of the molecule is CCOC(=O)C(c1cc(-c2ccc(C(F)(F)F)cc2C(F)(F)F)no1)n1cc2nc(-c3ccccc3F)nc-2cn1. The van der Waals surface area contributed by atoms with Gasteiger partial charge in [0.2, 0.25) is 6.04 Å². The highest BCUT2D eigenvalue weighted by Crippen LogP contribution is 2.41. The van der Waals surface area contributed by atoms with E-state index in [1.807, 2.05) is 0 Å². The number of benzene rings is 2. The molecule has 3 heterocycles. The summed E-state index contributed by atoms with van der Waals surface area (Å²) in [5.41, 5.74) is -3.72. The summed E-state index contributed by atoms with van der Waals surface area (Å²) in [5, 5.41) is 7.70. The first-order valence-electron chi connectivity index (χ1n) is 11.8. The molecule has 15 heteroatoms. The van der Waals surface area contributed by atoms with E-state index in [1.54, 1.807) is 6.07 Å². The Balaban J connectivity index is 1.57. The molecular weight excluding hydrogens is 563 g/mol. The number of nitrogens with zero attached hydrogens (tertiary/aromatic N) is 5. The molecule has 0 N–H and O–H groups in total. The number of rotatable bonds is 6. The van der Waals surface area contributed by atoms with Crippen molar-refractivity contribution in [2.24, 2.45) is 0 Å². The fourth-order valence-corrected chi connectivity index (χ4v) is 4.04. The molecule has 2 aromatic carbocycles. The molecule has 212 valence electrons. The Labute approximate surface area is 225 Å². The van der Waals surface area contributed by atoms with Crippen molar-refractivity contribution in [1.82, 2.24) is 24.9 Å². The zero-order chi connectivity index (χ0) is 29.5. The molecule has 0 saturated heterocycles. The number of ether oxygens (including phenoxy) is 1. The fraction of sp³-hybridized carbons (Fsp3) is 0.192. The summed E-state index contributed by atoms with van der Waals surface area (Å²) >= 11 is 0. The number of halogens is 7. The van der Waals surface area contributed by atoms with Gasteiger partial charge in [0.25, 0.3) is 0 Å². The van der Waals surface area contributed by atoms with E-state index < -0.39 is 52.6 Å². The third-order valence-electron chi connectivity index (χ3n) is 5.90. The third-order valence-corrected chi connectivity index (χ3v) is 5.90. The number of alkyl halides is 6. The van der Waals surface area contributed by atoms with Gasteiger partial charge in [-0.15, -0.1) is 0 Å². The molecule has 0 saturated carbocycles. The molecule has 3 aromatic rings. The first kappa shape index (κ1) is 27.7. The number of aromatic nitrogens is 5. The van der Waals surface area contributed by atoms with Crippen LogP contribution >= 0.6 is 0 Å². The summed E-state index contributed by atoms with van der Waals surface area (Å²) in [6.07, 6.45) is -7.67. The lowest BCUT2D eigenvalue weighted by atomic mass is 10.00. The van der Waals surface area contributed by atoms with E-state index in [2.05, 4.69) is 20.2 Å². The highest BCUT2D eigenvalue weighted by atomic mass is 19.4. The Morgan fingerprint density at radius 3 is 2.37 bits per heavy atom. The van der Waals surface area contributed by atoms with E-state index in [9.17, 15) is 35.5 Å². The van der Waals surface area contributed by atoms with E-state index in [1.165, 1.54) is 37.5 Å². The minimum atomic E-state index is -5.16. The van der Waals surface area contributed by atoms with Crippen LogP contribution in [-0.4, -0.2) is 37.5 Å². The number of imidazole rings is 1. The predicted molar refractivity (Wildman–Crippen MR) is 127 cm³/mol. The van der Waals surface area contributed by atoms with Crippen LogP contribution in [0.2, 0.25) is 0 Å². The molecule has 0 fully saturated rings. The van der Waals surface area contributed by atoms with Gasteiger partial charge in [-0.2, -0.15) is 31.4 Å². The minimum absolute atomic E-state index is 0.0298. The molecular formula is C26H16F7N5O3. The molecule has 0 amide bonds. The second-order valence-corrected chi connectivity index (χ2v) is 8.58. The van der Waals surface area contributed by atoms with Crippen molar-refractivity contribution in [2.45, 2.75) is 25.3 Å². The lowest BCUT2D eigenvalue weighted by Gasteiger charge is -2.16. The maximum atomic E-state index is 14.2. The van der Waals surface area contributed by atoms with Crippen molar-refractivity contribution in [3.63, 3.8) is 0 Å². The van der Waals surface area contributed by atoms with Crippen molar-refractivity contribution < 1.29 is 44.8 Å². The summed E-state index contributed by atoms with van der Waals surface area (Å²) in [7, 11) is 0. The number of carbonyl (C=O) groups excluding carboxylic acids is 1. The molecule has 0 radical (unpaired) electrons. The lowest BCUT2D eigenvalue weighted by molar-refractivity contribution is -0.147. The van der Waals surface area contributed by atoms with Gasteiger partial charge in [0.05, 0.1) is 35.7 Å². The molecule has 1 aromatic heterocycles. The van der Waals surface area contributed by atoms with Crippen LogP contribution in [-0.2, 0) is 21.9 Å². The average molecular weight is 579 g/mol. The Kier molecular flexibility index (Phi) is 6.97. The molecule has 2 aliphatic heterocycles. The average Bonchev–Trinajstić information content (AvgIpc) is 3.55. The summed E-state index contributed by atoms with van der Waals surface area (Å²) in [6.45, 7) is 1.44. The molecule has 0 aliphatic carbocycles. The maximum absolute atomic E-state index is 14.2. The molecule has 8 nitrogen and oxygen atoms in total. The van der Waals surface area contributed by atoms with Gasteiger partial charge in [-0.3, -0.25) is 0 Å². The highest BCUT2D eigenvalue weighted by molar-refractivity contribution is 5.78. The Bertz CT molecular complexity index is 1690. The quantitative estimate of drug-likeness (QED) is 0.169. The topological polar surface area (TPSA) is 95.9 Å². The molecule has 1 atom stereocenters. The van der Waals surface area contributed by atoms with E-state index in [-0.39, 0.29) is 41.2 Å². The van der Waals surface area contributed by atoms with Crippen LogP contribution in [0.3, 0.4) is 0 Å². The summed E-state index contributed by atoms with van der Waals surface area (Å²) in [4.78, 5) is 21.4. The summed E-state index contributed by atoms with van der Waals surface area (Å²) in [5.74, 6) is -1.76. The fourth-order valence-electron chi connectivity index (χ4n) is 4.04. The molecule has 0 spiro atoms. The van der Waals surface area contributed by atoms with Crippen molar-refractivity contribution in [3.05, 3.63) is 83.6 Å². The Morgan fingerprint density at radius 1 is 0.951 bits per heavy atom. The van der Waals surface area contributed by atoms with Crippen LogP contribution in [0.1, 0.15) is 29.9 Å². The molecule has 2 aliphatic rings. The smallest absolute Gasteiger partial charge is 0.417 e. The molecule has 0 bridgehead atoms. The first-order valence-corrected chi connectivity index (χ1v) is 11.8. The van der Waals surface area contributed by atoms with Gasteiger partial charge in [-0.1, -0.05) is 23.4 Å². The second kappa shape index (κ2) is 10.3. The van der Waals surface area contributed by atoms with Gasteiger partial charge in [0.15, 0.2) is 11.6 Å². The van der Waals surface area contributed by atoms with Crippen molar-refractivity contribution in [3.8, 4) is 34.0 Å². The van der Waals surface area contributed by atoms with Gasteiger partial charge < -0.3 is 9.26 Å². The van der Waals surface area contributed by atoms with Crippen molar-refractivity contribution in [2.75, 3.05) is 6.61 Å². The van der Waals surface area contributed by atoms with E-state index in [4.69, 9.17) is 9.26 Å². The van der Waals surface area contributed by atoms with Crippen LogP contribution < -0.4 is 0 Å². The summed E-state index contributed by atoms with van der Waals surface area (Å²) < 4.78 is 106. The second-order valence-electron chi connectivity index (χ2n) is 8.58. The normalized spacial score (nSPS) is 13.0. The number of hydrogen-bond donors (Lipinski definition) is 0. The van der Waals surface area contributed by atoms with Crippen LogP contribution in [0, 0.1) is 5.82 Å². The minimum Gasteiger partial charge on any atom is -0.464 e. The third kappa shape index (κ3) is 5.47. The van der Waals surface area contributed by atoms with E-state index in [0.717, 1.165) is 10.7 Å². The van der Waals surface area contributed by atoms with Gasteiger partial charge in [0, 0.05) is 11.6 Å². The van der Waals surface area contributed by atoms with Gasteiger partial charge in [-0.05, 0) is 31.2 Å². The summed E-state index contributed by atoms with van der Waals surface area (Å²) in [6, 6.07) is 6.32. The van der Waals surface area contributed by atoms with Crippen LogP contribution in [0.5, 0.6) is 0 Å². The number of carbonyl (C=O) groups is 1. The molecule has 5 rings (SSSR count). The van der Waals surface area contributed by atoms with Crippen LogP contribution in [0.4, 0.5) is 30.7 Å². The zero-order valence-corrected chi connectivity index (χ0v) is 20.7. The largest absolute Gasteiger partial charge is 0.464 e. The number of esters is 1. The highest BCUT2D eigenvalue weighted by Gasteiger charge is 2.39. The predicted octanol–water partition coefficient (Wildman–Crippen LogP) is 6.43. The van der Waals surface area contributed by atoms with Gasteiger partial charge >= 0.3 is 18.3 Å². The van der Waals surface area contributed by atoms with Crippen molar-refractivity contribution in [1.29, 1.82) is 0 Å². The molecule has 1 unspecified atom stereocenters. The molecule has 41 heavy (non-hydrogen) atoms. The standard InChI is InChI=1S/C26H16F7N5O3/c1-2-40-24(39)22(38-12-20-19(11-34-38)35-23(36-20)15-5-3-4-6-17(15)27)21-10-18(37-41-21)14-8-7-13(25(28,29)30)9-16(14)26(31,32)33/h3-12,22H,2H2,1H3. The Hall–Kier alpha value is -4.82. The number of fused-ring (bicyclic) bond motifs is 1. The Morgan fingerprint density at radius 2 is 1.68 bits per heavy atom. The number of hydrogen-bond acceptors (Lipinski definition) is 7.